The van der Waals surface area contributed by atoms with Crippen molar-refractivity contribution >= 4 is 14.7 Å². The Bertz CT molecular complexity index is 541. The molecule has 0 bridgehead atoms. The van der Waals surface area contributed by atoms with E-state index in [1.54, 1.807) is 0 Å². The first-order chi connectivity index (χ1) is 8.93. The monoisotopic (exact) mass is 254 g/mol. The molecular formula is C13H14N4Si. The van der Waals surface area contributed by atoms with Crippen LogP contribution < -0.4 is 5.19 Å². The van der Waals surface area contributed by atoms with Gasteiger partial charge in [0.2, 0.25) is 0 Å². The Morgan fingerprint density at radius 1 is 0.833 bits per heavy atom. The van der Waals surface area contributed by atoms with E-state index in [0.29, 0.717) is 5.54 Å². The average Bonchev–Trinajstić information content (AvgIpc) is 3.11. The first-order valence-electron chi connectivity index (χ1n) is 5.97. The second-order valence-corrected chi connectivity index (χ2v) is 6.28. The Kier molecular flexibility index (Phi) is 3.06. The normalized spacial score (nSPS) is 11.6. The second-order valence-electron chi connectivity index (χ2n) is 4.24. The van der Waals surface area contributed by atoms with Gasteiger partial charge in [0, 0.05) is 17.9 Å². The van der Waals surface area contributed by atoms with Crippen LogP contribution in [-0.2, 0) is 0 Å². The molecular weight excluding hydrogens is 240 g/mol. The predicted molar refractivity (Wildman–Crippen MR) is 73.6 cm³/mol. The van der Waals surface area contributed by atoms with E-state index in [0.717, 1.165) is 11.4 Å². The molecule has 3 aromatic rings. The molecule has 0 spiro atoms. The van der Waals surface area contributed by atoms with Crippen LogP contribution in [0.4, 0.5) is 0 Å². The summed E-state index contributed by atoms with van der Waals surface area (Å²) in [5.74, 6) is 0. The lowest BCUT2D eigenvalue weighted by Crippen LogP contribution is -2.23. The molecule has 0 aliphatic heterocycles. The number of nitrogens with one attached hydrogen (secondary N) is 2. The third-order valence-electron chi connectivity index (χ3n) is 3.04. The quantitative estimate of drug-likeness (QED) is 0.674. The first kappa shape index (κ1) is 11.0. The number of aromatic amines is 2. The van der Waals surface area contributed by atoms with E-state index < -0.39 is 9.52 Å². The minimum Gasteiger partial charge on any atom is -0.285 e. The van der Waals surface area contributed by atoms with E-state index in [1.807, 2.05) is 24.5 Å². The molecule has 0 unspecified atom stereocenters. The third kappa shape index (κ3) is 2.26. The van der Waals surface area contributed by atoms with E-state index >= 15 is 0 Å². The van der Waals surface area contributed by atoms with Crippen LogP contribution in [0.2, 0.25) is 0 Å². The van der Waals surface area contributed by atoms with Gasteiger partial charge in [-0.15, -0.1) is 0 Å². The summed E-state index contributed by atoms with van der Waals surface area (Å²) in [4.78, 5) is 0. The zero-order valence-electron chi connectivity index (χ0n) is 9.88. The SMILES string of the molecule is c1ccc([SiH2]C(c2cc[nH]n2)c2cc[nH]n2)cc1. The first-order valence-corrected chi connectivity index (χ1v) is 7.49. The van der Waals surface area contributed by atoms with Gasteiger partial charge >= 0.3 is 0 Å². The lowest BCUT2D eigenvalue weighted by molar-refractivity contribution is 0.918. The zero-order chi connectivity index (χ0) is 12.2. The number of hydrogen-bond acceptors (Lipinski definition) is 2. The van der Waals surface area contributed by atoms with Gasteiger partial charge in [-0.25, -0.2) is 0 Å². The van der Waals surface area contributed by atoms with Crippen LogP contribution in [0, 0.1) is 0 Å². The Labute approximate surface area is 107 Å². The van der Waals surface area contributed by atoms with Crippen LogP contribution in [-0.4, -0.2) is 29.9 Å². The molecule has 5 heteroatoms. The Balaban J connectivity index is 1.92. The van der Waals surface area contributed by atoms with Gasteiger partial charge in [0.25, 0.3) is 0 Å². The standard InChI is InChI=1S/C13H14N4Si/c1-2-4-10(5-3-1)18-13(11-6-8-14-16-11)12-7-9-15-17-12/h1-9,13H,18H2,(H,14,16)(H,15,17). The summed E-state index contributed by atoms with van der Waals surface area (Å²) in [6, 6.07) is 14.7. The van der Waals surface area contributed by atoms with Crippen molar-refractivity contribution in [2.24, 2.45) is 0 Å². The van der Waals surface area contributed by atoms with Crippen molar-refractivity contribution in [3.63, 3.8) is 0 Å². The summed E-state index contributed by atoms with van der Waals surface area (Å²) in [6.45, 7) is 0. The number of benzene rings is 1. The summed E-state index contributed by atoms with van der Waals surface area (Å²) in [5.41, 5.74) is 2.49. The van der Waals surface area contributed by atoms with Crippen LogP contribution in [0.5, 0.6) is 0 Å². The summed E-state index contributed by atoms with van der Waals surface area (Å²) < 4.78 is 0. The maximum Gasteiger partial charge on any atom is 0.0721 e. The Morgan fingerprint density at radius 3 is 1.94 bits per heavy atom. The van der Waals surface area contributed by atoms with Crippen molar-refractivity contribution in [3.05, 3.63) is 66.2 Å². The van der Waals surface area contributed by atoms with E-state index in [4.69, 9.17) is 0 Å². The summed E-state index contributed by atoms with van der Waals surface area (Å²) in [7, 11) is -0.500. The summed E-state index contributed by atoms with van der Waals surface area (Å²) in [6.07, 6.45) is 3.74. The van der Waals surface area contributed by atoms with Crippen LogP contribution in [0.3, 0.4) is 0 Å². The average molecular weight is 254 g/mol. The Hall–Kier alpha value is -2.14. The molecule has 2 aromatic heterocycles. The molecule has 0 atom stereocenters. The predicted octanol–water partition coefficient (Wildman–Crippen LogP) is 0.716. The molecule has 0 aliphatic rings. The van der Waals surface area contributed by atoms with Crippen LogP contribution >= 0.6 is 0 Å². The maximum atomic E-state index is 4.32. The summed E-state index contributed by atoms with van der Waals surface area (Å²) >= 11 is 0. The zero-order valence-corrected chi connectivity index (χ0v) is 11.3. The van der Waals surface area contributed by atoms with E-state index in [-0.39, 0.29) is 0 Å². The molecule has 4 nitrogen and oxygen atoms in total. The molecule has 2 heterocycles. The van der Waals surface area contributed by atoms with Crippen molar-refractivity contribution in [1.82, 2.24) is 20.4 Å². The maximum absolute atomic E-state index is 4.32. The fraction of sp³-hybridized carbons (Fsp3) is 0.0769. The van der Waals surface area contributed by atoms with Gasteiger partial charge in [-0.05, 0) is 12.1 Å². The molecule has 0 saturated heterocycles. The van der Waals surface area contributed by atoms with Gasteiger partial charge in [-0.1, -0.05) is 35.5 Å². The van der Waals surface area contributed by atoms with Crippen molar-refractivity contribution < 1.29 is 0 Å². The van der Waals surface area contributed by atoms with Gasteiger partial charge in [-0.2, -0.15) is 10.2 Å². The molecule has 0 saturated carbocycles. The number of hydrogen-bond donors (Lipinski definition) is 2. The number of nitrogens with zero attached hydrogens (tertiary/aromatic N) is 2. The largest absolute Gasteiger partial charge is 0.285 e. The van der Waals surface area contributed by atoms with Crippen LogP contribution in [0.15, 0.2) is 54.9 Å². The van der Waals surface area contributed by atoms with E-state index in [1.165, 1.54) is 5.19 Å². The van der Waals surface area contributed by atoms with Gasteiger partial charge in [-0.3, -0.25) is 10.2 Å². The van der Waals surface area contributed by atoms with Crippen LogP contribution in [0.25, 0.3) is 0 Å². The van der Waals surface area contributed by atoms with Crippen LogP contribution in [0.1, 0.15) is 16.9 Å². The topological polar surface area (TPSA) is 57.4 Å². The minimum atomic E-state index is -0.500. The van der Waals surface area contributed by atoms with Gasteiger partial charge in [0.15, 0.2) is 0 Å². The fourth-order valence-electron chi connectivity index (χ4n) is 2.14. The number of rotatable bonds is 4. The van der Waals surface area contributed by atoms with Crippen molar-refractivity contribution in [2.45, 2.75) is 5.54 Å². The third-order valence-corrected chi connectivity index (χ3v) is 5.23. The lowest BCUT2D eigenvalue weighted by Gasteiger charge is -2.11. The highest BCUT2D eigenvalue weighted by Crippen LogP contribution is 2.19. The molecule has 0 aliphatic carbocycles. The summed E-state index contributed by atoms with van der Waals surface area (Å²) in [5, 5.41) is 15.9. The second kappa shape index (κ2) is 5.01. The van der Waals surface area contributed by atoms with Crippen molar-refractivity contribution in [3.8, 4) is 0 Å². The molecule has 18 heavy (non-hydrogen) atoms. The fourth-order valence-corrected chi connectivity index (χ4v) is 4.03. The number of aromatic nitrogens is 4. The molecule has 0 radical (unpaired) electrons. The molecule has 3 rings (SSSR count). The molecule has 1 aromatic carbocycles. The molecule has 0 amide bonds. The molecule has 90 valence electrons. The van der Waals surface area contributed by atoms with Gasteiger partial charge in [0.1, 0.15) is 0 Å². The Morgan fingerprint density at radius 2 is 1.44 bits per heavy atom. The lowest BCUT2D eigenvalue weighted by atomic mass is 10.2. The highest BCUT2D eigenvalue weighted by atomic mass is 28.2. The van der Waals surface area contributed by atoms with E-state index in [9.17, 15) is 0 Å². The van der Waals surface area contributed by atoms with Crippen molar-refractivity contribution in [1.29, 1.82) is 0 Å². The minimum absolute atomic E-state index is 0.324. The number of H-pyrrole nitrogens is 2. The molecule has 2 N–H and O–H groups in total. The van der Waals surface area contributed by atoms with Gasteiger partial charge < -0.3 is 0 Å². The smallest absolute Gasteiger partial charge is 0.0721 e. The molecule has 0 fully saturated rings. The van der Waals surface area contributed by atoms with Gasteiger partial charge in [0.05, 0.1) is 20.9 Å². The highest BCUT2D eigenvalue weighted by molar-refractivity contribution is 6.55. The van der Waals surface area contributed by atoms with E-state index in [2.05, 4.69) is 50.7 Å². The highest BCUT2D eigenvalue weighted by Gasteiger charge is 2.19. The van der Waals surface area contributed by atoms with Crippen molar-refractivity contribution in [2.75, 3.05) is 0 Å².